The van der Waals surface area contributed by atoms with E-state index in [0.717, 1.165) is 55.5 Å². The maximum Gasteiger partial charge on any atom is 0.232 e. The topological polar surface area (TPSA) is 50.8 Å². The van der Waals surface area contributed by atoms with Crippen LogP contribution in [-0.2, 0) is 9.53 Å². The normalized spacial score (nSPS) is 16.6. The summed E-state index contributed by atoms with van der Waals surface area (Å²) in [5, 5.41) is 3.10. The van der Waals surface area contributed by atoms with Crippen LogP contribution in [0, 0.1) is 0 Å². The van der Waals surface area contributed by atoms with Gasteiger partial charge in [-0.3, -0.25) is 9.69 Å². The summed E-state index contributed by atoms with van der Waals surface area (Å²) in [5.41, 5.74) is 1.84. The number of ether oxygens (including phenoxy) is 2. The van der Waals surface area contributed by atoms with Gasteiger partial charge in [0.15, 0.2) is 0 Å². The van der Waals surface area contributed by atoms with Gasteiger partial charge in [0.05, 0.1) is 19.1 Å². The Bertz CT molecular complexity index is 717. The molecule has 0 saturated carbocycles. The van der Waals surface area contributed by atoms with Gasteiger partial charge >= 0.3 is 0 Å². The van der Waals surface area contributed by atoms with Crippen LogP contribution in [-0.4, -0.2) is 50.2 Å². The van der Waals surface area contributed by atoms with E-state index in [-0.39, 0.29) is 24.2 Å². The molecule has 26 heavy (non-hydrogen) atoms. The third-order valence-electron chi connectivity index (χ3n) is 4.77. The van der Waals surface area contributed by atoms with Crippen molar-refractivity contribution in [3.05, 3.63) is 59.7 Å². The molecule has 2 aromatic carbocycles. The van der Waals surface area contributed by atoms with Crippen LogP contribution in [0.1, 0.15) is 17.0 Å². The predicted octanol–water partition coefficient (Wildman–Crippen LogP) is 2.79. The van der Waals surface area contributed by atoms with Gasteiger partial charge in [-0.25, -0.2) is 0 Å². The average molecular weight is 375 g/mol. The first-order chi connectivity index (χ1) is 12.3. The summed E-state index contributed by atoms with van der Waals surface area (Å²) >= 11 is 0. The molecule has 6 heteroatoms. The monoisotopic (exact) mass is 374 g/mol. The minimum atomic E-state index is -0.328. The van der Waals surface area contributed by atoms with E-state index < -0.39 is 0 Å². The Balaban J connectivity index is 0.00000196. The summed E-state index contributed by atoms with van der Waals surface area (Å²) in [6, 6.07) is 15.5. The molecule has 0 unspecified atom stereocenters. The number of amides is 1. The fourth-order valence-corrected chi connectivity index (χ4v) is 3.46. The highest BCUT2D eigenvalue weighted by atomic mass is 35.5. The Labute approximate surface area is 159 Å². The molecular weight excluding hydrogens is 352 g/mol. The molecule has 5 nitrogen and oxygen atoms in total. The molecule has 1 saturated heterocycles. The van der Waals surface area contributed by atoms with E-state index in [2.05, 4.69) is 10.2 Å². The highest BCUT2D eigenvalue weighted by Gasteiger charge is 2.32. The molecule has 4 rings (SSSR count). The molecule has 138 valence electrons. The number of nitrogens with zero attached hydrogens (tertiary/aromatic N) is 1. The number of morpholine rings is 1. The number of carbonyl (C=O) groups is 1. The summed E-state index contributed by atoms with van der Waals surface area (Å²) in [6.45, 7) is 4.89. The summed E-state index contributed by atoms with van der Waals surface area (Å²) < 4.78 is 11.3. The molecule has 2 aromatic rings. The molecule has 0 bridgehead atoms. The predicted molar refractivity (Wildman–Crippen MR) is 102 cm³/mol. The van der Waals surface area contributed by atoms with Crippen molar-refractivity contribution >= 4 is 18.3 Å². The number of halogens is 1. The third-order valence-corrected chi connectivity index (χ3v) is 4.77. The van der Waals surface area contributed by atoms with Crippen LogP contribution in [0.2, 0.25) is 0 Å². The van der Waals surface area contributed by atoms with Gasteiger partial charge < -0.3 is 14.8 Å². The van der Waals surface area contributed by atoms with E-state index in [1.807, 2.05) is 48.5 Å². The van der Waals surface area contributed by atoms with Gasteiger partial charge in [0.2, 0.25) is 5.91 Å². The molecule has 1 N–H and O–H groups in total. The Morgan fingerprint density at radius 1 is 1.00 bits per heavy atom. The number of para-hydroxylation sites is 2. The molecule has 0 radical (unpaired) electrons. The Morgan fingerprint density at radius 3 is 2.19 bits per heavy atom. The van der Waals surface area contributed by atoms with Gasteiger partial charge in [0.1, 0.15) is 11.5 Å². The first kappa shape index (κ1) is 18.7. The van der Waals surface area contributed by atoms with Crippen molar-refractivity contribution in [2.45, 2.75) is 5.92 Å². The summed E-state index contributed by atoms with van der Waals surface area (Å²) in [5.74, 6) is 1.21. The molecule has 1 amide bonds. The number of nitrogens with one attached hydrogen (secondary N) is 1. The molecule has 0 aliphatic carbocycles. The van der Waals surface area contributed by atoms with Gasteiger partial charge in [0, 0.05) is 37.3 Å². The van der Waals surface area contributed by atoms with E-state index in [1.165, 1.54) is 0 Å². The van der Waals surface area contributed by atoms with Crippen LogP contribution in [0.3, 0.4) is 0 Å². The molecule has 2 aliphatic heterocycles. The zero-order chi connectivity index (χ0) is 17.1. The van der Waals surface area contributed by atoms with Crippen molar-refractivity contribution in [3.8, 4) is 11.5 Å². The zero-order valence-corrected chi connectivity index (χ0v) is 15.3. The van der Waals surface area contributed by atoms with E-state index in [1.54, 1.807) is 0 Å². The van der Waals surface area contributed by atoms with E-state index >= 15 is 0 Å². The Morgan fingerprint density at radius 2 is 1.58 bits per heavy atom. The molecule has 0 atom stereocenters. The minimum Gasteiger partial charge on any atom is -0.457 e. The van der Waals surface area contributed by atoms with Crippen LogP contribution in [0.25, 0.3) is 0 Å². The van der Waals surface area contributed by atoms with Gasteiger partial charge in [0.25, 0.3) is 0 Å². The minimum absolute atomic E-state index is 0. The van der Waals surface area contributed by atoms with Crippen molar-refractivity contribution in [3.63, 3.8) is 0 Å². The van der Waals surface area contributed by atoms with Crippen molar-refractivity contribution in [1.82, 2.24) is 10.2 Å². The van der Waals surface area contributed by atoms with Gasteiger partial charge in [-0.05, 0) is 12.1 Å². The van der Waals surface area contributed by atoms with Crippen LogP contribution in [0.5, 0.6) is 11.5 Å². The summed E-state index contributed by atoms with van der Waals surface area (Å²) in [6.07, 6.45) is 0. The van der Waals surface area contributed by atoms with Gasteiger partial charge in [-0.1, -0.05) is 36.4 Å². The average Bonchev–Trinajstić information content (AvgIpc) is 2.66. The summed E-state index contributed by atoms with van der Waals surface area (Å²) in [4.78, 5) is 15.3. The van der Waals surface area contributed by atoms with Crippen LogP contribution in [0.4, 0.5) is 0 Å². The van der Waals surface area contributed by atoms with Crippen molar-refractivity contribution in [2.24, 2.45) is 0 Å². The first-order valence-electron chi connectivity index (χ1n) is 8.76. The SMILES string of the molecule is Cl.O=C(NCCN1CCOCC1)C1c2ccccc2Oc2ccccc21. The molecule has 2 heterocycles. The molecule has 2 aliphatic rings. The second kappa shape index (κ2) is 8.54. The highest BCUT2D eigenvalue weighted by molar-refractivity contribution is 5.89. The van der Waals surface area contributed by atoms with E-state index in [9.17, 15) is 4.79 Å². The lowest BCUT2D eigenvalue weighted by atomic mass is 9.87. The third kappa shape index (κ3) is 3.85. The number of carbonyl (C=O) groups excluding carboxylic acids is 1. The van der Waals surface area contributed by atoms with Crippen LogP contribution < -0.4 is 10.1 Å². The van der Waals surface area contributed by atoms with Crippen LogP contribution >= 0.6 is 12.4 Å². The maximum atomic E-state index is 13.0. The fraction of sp³-hybridized carbons (Fsp3) is 0.350. The number of rotatable bonds is 4. The van der Waals surface area contributed by atoms with Crippen molar-refractivity contribution in [2.75, 3.05) is 39.4 Å². The lowest BCUT2D eigenvalue weighted by Gasteiger charge is -2.29. The van der Waals surface area contributed by atoms with Crippen LogP contribution in [0.15, 0.2) is 48.5 Å². The quantitative estimate of drug-likeness (QED) is 0.894. The largest absolute Gasteiger partial charge is 0.457 e. The molecule has 0 aromatic heterocycles. The zero-order valence-electron chi connectivity index (χ0n) is 14.5. The molecular formula is C20H23ClN2O3. The lowest BCUT2D eigenvalue weighted by Crippen LogP contribution is -2.42. The Hall–Kier alpha value is -2.08. The Kier molecular flexibility index (Phi) is 6.14. The smallest absolute Gasteiger partial charge is 0.232 e. The molecule has 1 fully saturated rings. The number of hydrogen-bond donors (Lipinski definition) is 1. The second-order valence-electron chi connectivity index (χ2n) is 6.36. The second-order valence-corrected chi connectivity index (χ2v) is 6.36. The number of benzene rings is 2. The van der Waals surface area contributed by atoms with Gasteiger partial charge in [-0.15, -0.1) is 12.4 Å². The number of fused-ring (bicyclic) bond motifs is 2. The van der Waals surface area contributed by atoms with E-state index in [4.69, 9.17) is 9.47 Å². The van der Waals surface area contributed by atoms with Crippen molar-refractivity contribution in [1.29, 1.82) is 0 Å². The van der Waals surface area contributed by atoms with Crippen molar-refractivity contribution < 1.29 is 14.3 Å². The van der Waals surface area contributed by atoms with Gasteiger partial charge in [-0.2, -0.15) is 0 Å². The first-order valence-corrected chi connectivity index (χ1v) is 8.76. The van der Waals surface area contributed by atoms with E-state index in [0.29, 0.717) is 6.54 Å². The number of hydrogen-bond acceptors (Lipinski definition) is 4. The highest BCUT2D eigenvalue weighted by Crippen LogP contribution is 2.43. The maximum absolute atomic E-state index is 13.0. The molecule has 0 spiro atoms. The fourth-order valence-electron chi connectivity index (χ4n) is 3.46. The summed E-state index contributed by atoms with van der Waals surface area (Å²) in [7, 11) is 0. The lowest BCUT2D eigenvalue weighted by molar-refractivity contribution is -0.121. The standard InChI is InChI=1S/C20H22N2O3.ClH/c23-20(21-9-10-22-11-13-24-14-12-22)19-15-5-1-3-7-17(15)25-18-8-4-2-6-16(18)19;/h1-8,19H,9-14H2,(H,21,23);1H.